The molecule has 0 heterocycles. The summed E-state index contributed by atoms with van der Waals surface area (Å²) in [6, 6.07) is 9.77. The van der Waals surface area contributed by atoms with E-state index >= 15 is 0 Å². The van der Waals surface area contributed by atoms with Crippen molar-refractivity contribution in [3.63, 3.8) is 0 Å². The van der Waals surface area contributed by atoms with E-state index in [1.807, 2.05) is 37.3 Å². The highest BCUT2D eigenvalue weighted by molar-refractivity contribution is 5.80. The number of nitrogens with one attached hydrogen (secondary N) is 3. The molecular weight excluding hydrogens is 292 g/mol. The van der Waals surface area contributed by atoms with Gasteiger partial charge < -0.3 is 21.7 Å². The molecule has 0 aliphatic carbocycles. The molecule has 1 aromatic carbocycles. The van der Waals surface area contributed by atoms with Gasteiger partial charge in [-0.15, -0.1) is 0 Å². The van der Waals surface area contributed by atoms with Gasteiger partial charge in [0.05, 0.1) is 0 Å². The normalized spacial score (nSPS) is 11.7. The quantitative estimate of drug-likeness (QED) is 0.443. The first-order valence-electron chi connectivity index (χ1n) is 8.12. The van der Waals surface area contributed by atoms with Gasteiger partial charge in [0, 0.05) is 45.1 Å². The van der Waals surface area contributed by atoms with Crippen LogP contribution in [0.2, 0.25) is 0 Å². The average Bonchev–Trinajstić information content (AvgIpc) is 2.58. The van der Waals surface area contributed by atoms with Gasteiger partial charge in [0.2, 0.25) is 11.8 Å². The Morgan fingerprint density at radius 1 is 1.09 bits per heavy atom. The highest BCUT2D eigenvalue weighted by atomic mass is 16.2. The smallest absolute Gasteiger partial charge is 0.223 e. The predicted molar refractivity (Wildman–Crippen MR) is 91.6 cm³/mol. The van der Waals surface area contributed by atoms with Crippen LogP contribution in [0.5, 0.6) is 0 Å². The molecule has 0 fully saturated rings. The Bertz CT molecular complexity index is 465. The van der Waals surface area contributed by atoms with Crippen molar-refractivity contribution in [2.75, 3.05) is 26.2 Å². The molecule has 0 aliphatic heterocycles. The van der Waals surface area contributed by atoms with Crippen LogP contribution in [-0.2, 0) is 16.1 Å². The first-order valence-corrected chi connectivity index (χ1v) is 8.12. The molecule has 2 amide bonds. The number of carbonyl (C=O) groups is 2. The molecule has 0 aliphatic rings. The Labute approximate surface area is 138 Å². The Morgan fingerprint density at radius 3 is 2.52 bits per heavy atom. The van der Waals surface area contributed by atoms with Crippen LogP contribution in [0, 0.1) is 5.92 Å². The van der Waals surface area contributed by atoms with Crippen LogP contribution in [-0.4, -0.2) is 38.0 Å². The third-order valence-electron chi connectivity index (χ3n) is 3.51. The van der Waals surface area contributed by atoms with Gasteiger partial charge in [-0.25, -0.2) is 0 Å². The average molecular weight is 320 g/mol. The molecule has 0 saturated heterocycles. The zero-order valence-corrected chi connectivity index (χ0v) is 13.8. The summed E-state index contributed by atoms with van der Waals surface area (Å²) < 4.78 is 0. The molecular formula is C17H28N4O2. The number of amides is 2. The molecule has 0 bridgehead atoms. The van der Waals surface area contributed by atoms with E-state index < -0.39 is 0 Å². The molecule has 0 radical (unpaired) electrons. The minimum absolute atomic E-state index is 0.0220. The van der Waals surface area contributed by atoms with Crippen molar-refractivity contribution < 1.29 is 9.59 Å². The fourth-order valence-corrected chi connectivity index (χ4v) is 2.04. The lowest BCUT2D eigenvalue weighted by molar-refractivity contribution is -0.125. The number of hydrogen-bond donors (Lipinski definition) is 4. The molecule has 0 aromatic heterocycles. The summed E-state index contributed by atoms with van der Waals surface area (Å²) in [4.78, 5) is 23.7. The molecule has 0 spiro atoms. The van der Waals surface area contributed by atoms with Gasteiger partial charge in [0.15, 0.2) is 0 Å². The third kappa shape index (κ3) is 8.95. The van der Waals surface area contributed by atoms with E-state index in [0.717, 1.165) is 12.1 Å². The molecule has 6 heteroatoms. The fraction of sp³-hybridized carbons (Fsp3) is 0.529. The van der Waals surface area contributed by atoms with Gasteiger partial charge in [0.1, 0.15) is 0 Å². The number of rotatable bonds is 11. The Kier molecular flexibility index (Phi) is 9.66. The lowest BCUT2D eigenvalue weighted by Gasteiger charge is -2.12. The molecule has 0 saturated carbocycles. The third-order valence-corrected chi connectivity index (χ3v) is 3.51. The van der Waals surface area contributed by atoms with Crippen LogP contribution in [0.4, 0.5) is 0 Å². The first kappa shape index (κ1) is 19.1. The van der Waals surface area contributed by atoms with Crippen molar-refractivity contribution in [2.24, 2.45) is 11.7 Å². The van der Waals surface area contributed by atoms with Crippen molar-refractivity contribution in [3.8, 4) is 0 Å². The number of nitrogens with two attached hydrogens (primary N) is 1. The van der Waals surface area contributed by atoms with E-state index in [9.17, 15) is 9.59 Å². The van der Waals surface area contributed by atoms with Crippen molar-refractivity contribution in [3.05, 3.63) is 35.9 Å². The number of hydrogen-bond acceptors (Lipinski definition) is 4. The minimum atomic E-state index is -0.181. The zero-order chi connectivity index (χ0) is 16.9. The van der Waals surface area contributed by atoms with Gasteiger partial charge in [-0.05, 0) is 12.0 Å². The maximum atomic E-state index is 12.0. The second-order valence-corrected chi connectivity index (χ2v) is 5.53. The van der Waals surface area contributed by atoms with Gasteiger partial charge in [-0.3, -0.25) is 9.59 Å². The van der Waals surface area contributed by atoms with E-state index in [-0.39, 0.29) is 17.7 Å². The SMILES string of the molecule is CC(CCC(=O)NCCNCCN)C(=O)NCc1ccccc1. The predicted octanol–water partition coefficient (Wildman–Crippen LogP) is 0.384. The summed E-state index contributed by atoms with van der Waals surface area (Å²) in [5.41, 5.74) is 6.42. The van der Waals surface area contributed by atoms with Crippen molar-refractivity contribution in [1.82, 2.24) is 16.0 Å². The molecule has 1 aromatic rings. The lowest BCUT2D eigenvalue weighted by Crippen LogP contribution is -2.34. The molecule has 1 unspecified atom stereocenters. The van der Waals surface area contributed by atoms with Crippen LogP contribution in [0.15, 0.2) is 30.3 Å². The maximum Gasteiger partial charge on any atom is 0.223 e. The van der Waals surface area contributed by atoms with E-state index in [1.54, 1.807) is 0 Å². The van der Waals surface area contributed by atoms with Crippen molar-refractivity contribution in [1.29, 1.82) is 0 Å². The second kappa shape index (κ2) is 11.6. The molecule has 23 heavy (non-hydrogen) atoms. The van der Waals surface area contributed by atoms with E-state index in [0.29, 0.717) is 39.0 Å². The largest absolute Gasteiger partial charge is 0.355 e. The number of carbonyl (C=O) groups excluding carboxylic acids is 2. The van der Waals surface area contributed by atoms with Crippen molar-refractivity contribution in [2.45, 2.75) is 26.3 Å². The Balaban J connectivity index is 2.13. The maximum absolute atomic E-state index is 12.0. The van der Waals surface area contributed by atoms with Gasteiger partial charge in [0.25, 0.3) is 0 Å². The van der Waals surface area contributed by atoms with Gasteiger partial charge in [-0.2, -0.15) is 0 Å². The van der Waals surface area contributed by atoms with Crippen LogP contribution in [0.3, 0.4) is 0 Å². The molecule has 128 valence electrons. The van der Waals surface area contributed by atoms with Crippen LogP contribution in [0.1, 0.15) is 25.3 Å². The summed E-state index contributed by atoms with van der Waals surface area (Å²) >= 11 is 0. The van der Waals surface area contributed by atoms with Crippen LogP contribution < -0.4 is 21.7 Å². The summed E-state index contributed by atoms with van der Waals surface area (Å²) in [6.07, 6.45) is 0.902. The minimum Gasteiger partial charge on any atom is -0.355 e. The number of benzene rings is 1. The molecule has 5 N–H and O–H groups in total. The monoisotopic (exact) mass is 320 g/mol. The Hall–Kier alpha value is -1.92. The topological polar surface area (TPSA) is 96.2 Å². The lowest BCUT2D eigenvalue weighted by atomic mass is 10.0. The second-order valence-electron chi connectivity index (χ2n) is 5.53. The van der Waals surface area contributed by atoms with Gasteiger partial charge in [-0.1, -0.05) is 37.3 Å². The van der Waals surface area contributed by atoms with E-state index in [4.69, 9.17) is 5.73 Å². The standard InChI is InChI=1S/C17H28N4O2/c1-14(7-8-16(22)20-12-11-19-10-9-18)17(23)21-13-15-5-3-2-4-6-15/h2-6,14,19H,7-13,18H2,1H3,(H,20,22)(H,21,23). The summed E-state index contributed by atoms with van der Waals surface area (Å²) in [5, 5.41) is 8.82. The summed E-state index contributed by atoms with van der Waals surface area (Å²) in [7, 11) is 0. The summed E-state index contributed by atoms with van der Waals surface area (Å²) in [6.45, 7) is 4.97. The Morgan fingerprint density at radius 2 is 1.83 bits per heavy atom. The highest BCUT2D eigenvalue weighted by Crippen LogP contribution is 2.06. The van der Waals surface area contributed by atoms with Crippen LogP contribution >= 0.6 is 0 Å². The van der Waals surface area contributed by atoms with Crippen LogP contribution in [0.25, 0.3) is 0 Å². The molecule has 1 atom stereocenters. The van der Waals surface area contributed by atoms with E-state index in [2.05, 4.69) is 16.0 Å². The molecule has 1 rings (SSSR count). The summed E-state index contributed by atoms with van der Waals surface area (Å²) in [5.74, 6) is -0.228. The highest BCUT2D eigenvalue weighted by Gasteiger charge is 2.14. The van der Waals surface area contributed by atoms with E-state index in [1.165, 1.54) is 0 Å². The van der Waals surface area contributed by atoms with Crippen molar-refractivity contribution >= 4 is 11.8 Å². The zero-order valence-electron chi connectivity index (χ0n) is 13.8. The molecule has 6 nitrogen and oxygen atoms in total. The fourth-order valence-electron chi connectivity index (χ4n) is 2.04. The first-order chi connectivity index (χ1) is 11.1. The van der Waals surface area contributed by atoms with Gasteiger partial charge >= 0.3 is 0 Å².